The number of nitrogens with zero attached hydrogens (tertiary/aromatic N) is 2. The molecule has 2 N–H and O–H groups in total. The monoisotopic (exact) mass is 321 g/mol. The van der Waals surface area contributed by atoms with Crippen molar-refractivity contribution in [2.75, 3.05) is 0 Å². The molecule has 1 aromatic carbocycles. The van der Waals surface area contributed by atoms with E-state index in [0.29, 0.717) is 0 Å². The zero-order valence-electron chi connectivity index (χ0n) is 8.25. The molecule has 0 unspecified atom stereocenters. The molecule has 0 atom stereocenters. The number of aliphatic hydroxyl groups excluding tert-OH is 1. The molecular formula is C9H6BrF2N3OS. The number of H-pyrrole nitrogens is 1. The van der Waals surface area contributed by atoms with Crippen LogP contribution in [0.3, 0.4) is 0 Å². The van der Waals surface area contributed by atoms with E-state index in [2.05, 4.69) is 26.1 Å². The van der Waals surface area contributed by atoms with Crippen LogP contribution in [0.2, 0.25) is 0 Å². The van der Waals surface area contributed by atoms with Crippen LogP contribution in [0.15, 0.2) is 16.6 Å². The summed E-state index contributed by atoms with van der Waals surface area (Å²) in [7, 11) is 0. The molecule has 4 nitrogen and oxygen atoms in total. The number of benzene rings is 1. The lowest BCUT2D eigenvalue weighted by Crippen LogP contribution is -2.05. The van der Waals surface area contributed by atoms with E-state index in [1.807, 2.05) is 0 Å². The lowest BCUT2D eigenvalue weighted by atomic mass is 10.3. The van der Waals surface area contributed by atoms with Crippen molar-refractivity contribution in [2.45, 2.75) is 6.61 Å². The summed E-state index contributed by atoms with van der Waals surface area (Å²) in [5.41, 5.74) is 0.00852. The molecular weight excluding hydrogens is 316 g/mol. The number of aromatic nitrogens is 3. The maximum atomic E-state index is 13.7. The molecule has 0 aliphatic heterocycles. The van der Waals surface area contributed by atoms with Gasteiger partial charge in [0, 0.05) is 10.5 Å². The van der Waals surface area contributed by atoms with Gasteiger partial charge < -0.3 is 5.11 Å². The average molecular weight is 322 g/mol. The first-order valence-electron chi connectivity index (χ1n) is 4.46. The van der Waals surface area contributed by atoms with Gasteiger partial charge >= 0.3 is 0 Å². The van der Waals surface area contributed by atoms with Gasteiger partial charge in [0.2, 0.25) is 0 Å². The molecule has 0 spiro atoms. The minimum Gasteiger partial charge on any atom is -0.388 e. The molecule has 0 bridgehead atoms. The Morgan fingerprint density at radius 3 is 2.76 bits per heavy atom. The third-order valence-electron chi connectivity index (χ3n) is 2.09. The maximum absolute atomic E-state index is 13.7. The first-order chi connectivity index (χ1) is 8.04. The summed E-state index contributed by atoms with van der Waals surface area (Å²) in [5, 5.41) is 15.2. The Balaban J connectivity index is 2.77. The van der Waals surface area contributed by atoms with Crippen molar-refractivity contribution in [3.63, 3.8) is 0 Å². The summed E-state index contributed by atoms with van der Waals surface area (Å²) >= 11 is 7.97. The molecule has 2 rings (SSSR count). The van der Waals surface area contributed by atoms with Crippen LogP contribution in [0.5, 0.6) is 0 Å². The third kappa shape index (κ3) is 2.15. The van der Waals surface area contributed by atoms with Gasteiger partial charge in [0.1, 0.15) is 12.4 Å². The van der Waals surface area contributed by atoms with Crippen LogP contribution in [-0.4, -0.2) is 19.9 Å². The molecule has 0 fully saturated rings. The fourth-order valence-corrected chi connectivity index (χ4v) is 2.24. The highest BCUT2D eigenvalue weighted by Gasteiger charge is 2.16. The Kier molecular flexibility index (Phi) is 3.36. The highest BCUT2D eigenvalue weighted by molar-refractivity contribution is 9.10. The van der Waals surface area contributed by atoms with Gasteiger partial charge in [-0.3, -0.25) is 9.67 Å². The van der Waals surface area contributed by atoms with Gasteiger partial charge in [-0.15, -0.1) is 0 Å². The lowest BCUT2D eigenvalue weighted by Gasteiger charge is -2.09. The van der Waals surface area contributed by atoms with Gasteiger partial charge in [0.25, 0.3) is 0 Å². The smallest absolute Gasteiger partial charge is 0.200 e. The number of rotatable bonds is 2. The number of nitrogens with one attached hydrogen (secondary N) is 1. The largest absolute Gasteiger partial charge is 0.388 e. The van der Waals surface area contributed by atoms with Crippen molar-refractivity contribution in [3.05, 3.63) is 38.8 Å². The molecule has 17 heavy (non-hydrogen) atoms. The first-order valence-corrected chi connectivity index (χ1v) is 5.66. The quantitative estimate of drug-likeness (QED) is 0.835. The topological polar surface area (TPSA) is 53.8 Å². The SMILES string of the molecule is OCc1n[nH]c(=S)n1-c1c(F)cc(F)cc1Br. The van der Waals surface area contributed by atoms with Crippen LogP contribution in [0.25, 0.3) is 5.69 Å². The standard InChI is InChI=1S/C9H6BrF2N3OS/c10-5-1-4(11)2-6(12)8(5)15-7(3-16)13-14-9(15)17/h1-2,16H,3H2,(H,14,17). The number of halogens is 3. The normalized spacial score (nSPS) is 10.8. The molecule has 0 saturated carbocycles. The summed E-state index contributed by atoms with van der Waals surface area (Å²) in [6.45, 7) is -0.420. The summed E-state index contributed by atoms with van der Waals surface area (Å²) < 4.78 is 28.2. The second kappa shape index (κ2) is 4.63. The molecule has 8 heteroatoms. The van der Waals surface area contributed by atoms with Crippen molar-refractivity contribution in [1.29, 1.82) is 0 Å². The van der Waals surface area contributed by atoms with Crippen molar-refractivity contribution < 1.29 is 13.9 Å². The van der Waals surface area contributed by atoms with E-state index in [1.54, 1.807) is 0 Å². The summed E-state index contributed by atoms with van der Waals surface area (Å²) in [6, 6.07) is 1.84. The van der Waals surface area contributed by atoms with Gasteiger partial charge in [0.15, 0.2) is 16.4 Å². The van der Waals surface area contributed by atoms with E-state index in [1.165, 1.54) is 4.57 Å². The van der Waals surface area contributed by atoms with Crippen LogP contribution in [0.4, 0.5) is 8.78 Å². The van der Waals surface area contributed by atoms with Gasteiger partial charge in [-0.2, -0.15) is 5.10 Å². The Morgan fingerprint density at radius 2 is 2.18 bits per heavy atom. The second-order valence-corrected chi connectivity index (χ2v) is 4.40. The van der Waals surface area contributed by atoms with Gasteiger partial charge in [-0.1, -0.05) is 0 Å². The van der Waals surface area contributed by atoms with E-state index in [-0.39, 0.29) is 20.8 Å². The fraction of sp³-hybridized carbons (Fsp3) is 0.111. The number of aromatic amines is 1. The predicted molar refractivity (Wildman–Crippen MR) is 62.3 cm³/mol. The Bertz CT molecular complexity index is 602. The molecule has 1 heterocycles. The van der Waals surface area contributed by atoms with Crippen LogP contribution >= 0.6 is 28.1 Å². The van der Waals surface area contributed by atoms with Crippen LogP contribution < -0.4 is 0 Å². The van der Waals surface area contributed by atoms with Crippen LogP contribution in [-0.2, 0) is 6.61 Å². The Labute approximate surface area is 108 Å². The minimum absolute atomic E-state index is 0.00852. The molecule has 0 aliphatic rings. The van der Waals surface area contributed by atoms with E-state index in [0.717, 1.165) is 12.1 Å². The second-order valence-electron chi connectivity index (χ2n) is 3.16. The molecule has 1 aromatic heterocycles. The summed E-state index contributed by atoms with van der Waals surface area (Å²) in [6.07, 6.45) is 0. The summed E-state index contributed by atoms with van der Waals surface area (Å²) in [5.74, 6) is -1.37. The van der Waals surface area contributed by atoms with E-state index < -0.39 is 18.2 Å². The molecule has 0 amide bonds. The van der Waals surface area contributed by atoms with Crippen LogP contribution in [0, 0.1) is 16.4 Å². The molecule has 0 radical (unpaired) electrons. The minimum atomic E-state index is -0.802. The Hall–Kier alpha value is -1.12. The lowest BCUT2D eigenvalue weighted by molar-refractivity contribution is 0.268. The van der Waals surface area contributed by atoms with Gasteiger partial charge in [-0.05, 0) is 34.2 Å². The van der Waals surface area contributed by atoms with Crippen molar-refractivity contribution in [2.24, 2.45) is 0 Å². The van der Waals surface area contributed by atoms with Crippen molar-refractivity contribution in [3.8, 4) is 5.69 Å². The van der Waals surface area contributed by atoms with Gasteiger partial charge in [-0.25, -0.2) is 8.78 Å². The van der Waals surface area contributed by atoms with Crippen molar-refractivity contribution in [1.82, 2.24) is 14.8 Å². The van der Waals surface area contributed by atoms with Gasteiger partial charge in [0.05, 0.1) is 5.69 Å². The molecule has 0 saturated heterocycles. The fourth-order valence-electron chi connectivity index (χ4n) is 1.41. The molecule has 2 aromatic rings. The summed E-state index contributed by atoms with van der Waals surface area (Å²) in [4.78, 5) is 0. The van der Waals surface area contributed by atoms with Crippen LogP contribution in [0.1, 0.15) is 5.82 Å². The Morgan fingerprint density at radius 1 is 1.47 bits per heavy atom. The number of aliphatic hydroxyl groups is 1. The first kappa shape index (κ1) is 12.3. The zero-order valence-corrected chi connectivity index (χ0v) is 10.6. The highest BCUT2D eigenvalue weighted by Crippen LogP contribution is 2.26. The maximum Gasteiger partial charge on any atom is 0.200 e. The van der Waals surface area contributed by atoms with E-state index in [4.69, 9.17) is 17.3 Å². The number of hydrogen-bond acceptors (Lipinski definition) is 3. The predicted octanol–water partition coefficient (Wildman–Crippen LogP) is 2.46. The van der Waals surface area contributed by atoms with Crippen molar-refractivity contribution >= 4 is 28.1 Å². The number of hydrogen-bond donors (Lipinski definition) is 2. The molecule has 0 aliphatic carbocycles. The average Bonchev–Trinajstić information content (AvgIpc) is 2.59. The highest BCUT2D eigenvalue weighted by atomic mass is 79.9. The molecule has 90 valence electrons. The van der Waals surface area contributed by atoms with E-state index in [9.17, 15) is 8.78 Å². The zero-order chi connectivity index (χ0) is 12.6. The third-order valence-corrected chi connectivity index (χ3v) is 2.97. The van der Waals surface area contributed by atoms with E-state index >= 15 is 0 Å².